The van der Waals surface area contributed by atoms with Gasteiger partial charge in [-0.2, -0.15) is 0 Å². The van der Waals surface area contributed by atoms with Crippen LogP contribution >= 0.6 is 0 Å². The Morgan fingerprint density at radius 3 is 2.40 bits per heavy atom. The summed E-state index contributed by atoms with van der Waals surface area (Å²) in [4.78, 5) is 23.9. The Bertz CT molecular complexity index is 223. The summed E-state index contributed by atoms with van der Waals surface area (Å²) in [7, 11) is 0. The van der Waals surface area contributed by atoms with E-state index in [1.807, 2.05) is 0 Å². The van der Waals surface area contributed by atoms with Gasteiger partial charge in [0.15, 0.2) is 6.61 Å². The number of carbonyl (C=O) groups excluding carboxylic acids is 2. The quantitative estimate of drug-likeness (QED) is 0.663. The van der Waals surface area contributed by atoms with E-state index in [0.717, 1.165) is 32.4 Å². The van der Waals surface area contributed by atoms with Gasteiger partial charge in [-0.3, -0.25) is 0 Å². The van der Waals surface area contributed by atoms with Crippen molar-refractivity contribution in [3.05, 3.63) is 0 Å². The molecule has 86 valence electrons. The number of carbonyl (C=O) groups is 2. The highest BCUT2D eigenvalue weighted by molar-refractivity contribution is 5.75. The van der Waals surface area contributed by atoms with E-state index in [1.165, 1.54) is 0 Å². The normalized spacial score (nSPS) is 15.9. The molecule has 5 nitrogen and oxygen atoms in total. The lowest BCUT2D eigenvalue weighted by Gasteiger charge is -2.25. The van der Waals surface area contributed by atoms with Gasteiger partial charge in [0, 0.05) is 13.1 Å². The summed E-state index contributed by atoms with van der Waals surface area (Å²) in [5, 5.41) is 0. The summed E-state index contributed by atoms with van der Waals surface area (Å²) in [5.41, 5.74) is 0. The highest BCUT2D eigenvalue weighted by atomic mass is 16.6. The number of rotatable bonds is 3. The van der Waals surface area contributed by atoms with Crippen molar-refractivity contribution in [2.45, 2.75) is 26.2 Å². The standard InChI is InChI=1S/C10H17NO4/c1-2-14-9(12)8-15-10(13)11-6-4-3-5-7-11/h2-8H2,1H3. The monoisotopic (exact) mass is 215 g/mol. The highest BCUT2D eigenvalue weighted by Crippen LogP contribution is 2.09. The topological polar surface area (TPSA) is 55.8 Å². The molecule has 1 rings (SSSR count). The molecule has 0 unspecified atom stereocenters. The summed E-state index contributed by atoms with van der Waals surface area (Å²) in [5.74, 6) is -0.497. The fourth-order valence-electron chi connectivity index (χ4n) is 1.49. The summed E-state index contributed by atoms with van der Waals surface area (Å²) in [6, 6.07) is 0. The molecule has 0 radical (unpaired) electrons. The van der Waals surface area contributed by atoms with Crippen molar-refractivity contribution in [1.29, 1.82) is 0 Å². The van der Waals surface area contributed by atoms with Gasteiger partial charge in [0.1, 0.15) is 0 Å². The Morgan fingerprint density at radius 1 is 1.13 bits per heavy atom. The Hall–Kier alpha value is -1.26. The van der Waals surface area contributed by atoms with Crippen LogP contribution in [0.25, 0.3) is 0 Å². The second-order valence-electron chi connectivity index (χ2n) is 3.41. The average molecular weight is 215 g/mol. The molecule has 0 N–H and O–H groups in total. The van der Waals surface area contributed by atoms with Gasteiger partial charge in [-0.05, 0) is 26.2 Å². The lowest BCUT2D eigenvalue weighted by Crippen LogP contribution is -2.37. The van der Waals surface area contributed by atoms with Crippen LogP contribution in [0.15, 0.2) is 0 Å². The molecular formula is C10H17NO4. The molecule has 0 aromatic heterocycles. The first kappa shape index (κ1) is 11.8. The largest absolute Gasteiger partial charge is 0.463 e. The van der Waals surface area contributed by atoms with Crippen LogP contribution in [-0.4, -0.2) is 43.3 Å². The number of nitrogens with zero attached hydrogens (tertiary/aromatic N) is 1. The molecule has 1 heterocycles. The van der Waals surface area contributed by atoms with Crippen molar-refractivity contribution in [2.24, 2.45) is 0 Å². The molecule has 0 saturated carbocycles. The zero-order chi connectivity index (χ0) is 11.1. The molecule has 0 atom stereocenters. The predicted molar refractivity (Wildman–Crippen MR) is 53.4 cm³/mol. The van der Waals surface area contributed by atoms with Gasteiger partial charge in [0.25, 0.3) is 0 Å². The number of piperidine rings is 1. The fourth-order valence-corrected chi connectivity index (χ4v) is 1.49. The van der Waals surface area contributed by atoms with E-state index < -0.39 is 12.1 Å². The van der Waals surface area contributed by atoms with Crippen LogP contribution < -0.4 is 0 Å². The predicted octanol–water partition coefficient (Wildman–Crippen LogP) is 1.17. The Morgan fingerprint density at radius 2 is 1.80 bits per heavy atom. The molecule has 0 bridgehead atoms. The van der Waals surface area contributed by atoms with Crippen LogP contribution in [0.4, 0.5) is 4.79 Å². The number of ether oxygens (including phenoxy) is 2. The molecule has 1 fully saturated rings. The third-order valence-electron chi connectivity index (χ3n) is 2.23. The highest BCUT2D eigenvalue weighted by Gasteiger charge is 2.18. The number of amides is 1. The molecule has 0 aliphatic carbocycles. The summed E-state index contributed by atoms with van der Waals surface area (Å²) >= 11 is 0. The van der Waals surface area contributed by atoms with Gasteiger partial charge >= 0.3 is 12.1 Å². The number of esters is 1. The maximum Gasteiger partial charge on any atom is 0.410 e. The van der Waals surface area contributed by atoms with E-state index in [-0.39, 0.29) is 6.61 Å². The Balaban J connectivity index is 2.19. The second-order valence-corrected chi connectivity index (χ2v) is 3.41. The molecule has 1 saturated heterocycles. The van der Waals surface area contributed by atoms with Crippen LogP contribution in [-0.2, 0) is 14.3 Å². The fraction of sp³-hybridized carbons (Fsp3) is 0.800. The molecule has 1 aliphatic rings. The van der Waals surface area contributed by atoms with E-state index in [1.54, 1.807) is 11.8 Å². The summed E-state index contributed by atoms with van der Waals surface area (Å²) in [6.07, 6.45) is 2.76. The lowest BCUT2D eigenvalue weighted by molar-refractivity contribution is -0.146. The number of hydrogen-bond donors (Lipinski definition) is 0. The third-order valence-corrected chi connectivity index (χ3v) is 2.23. The van der Waals surface area contributed by atoms with Crippen LogP contribution in [0.5, 0.6) is 0 Å². The molecule has 0 aromatic rings. The molecule has 15 heavy (non-hydrogen) atoms. The van der Waals surface area contributed by atoms with Crippen molar-refractivity contribution in [3.8, 4) is 0 Å². The van der Waals surface area contributed by atoms with Crippen molar-refractivity contribution in [1.82, 2.24) is 4.90 Å². The van der Waals surface area contributed by atoms with Crippen molar-refractivity contribution >= 4 is 12.1 Å². The minimum Gasteiger partial charge on any atom is -0.463 e. The Kier molecular flexibility index (Phi) is 4.93. The number of hydrogen-bond acceptors (Lipinski definition) is 4. The Labute approximate surface area is 89.3 Å². The van der Waals surface area contributed by atoms with Gasteiger partial charge in [0.05, 0.1) is 6.61 Å². The maximum atomic E-state index is 11.4. The van der Waals surface area contributed by atoms with E-state index in [0.29, 0.717) is 6.61 Å². The summed E-state index contributed by atoms with van der Waals surface area (Å²) in [6.45, 7) is 3.18. The number of likely N-dealkylation sites (tertiary alicyclic amines) is 1. The summed E-state index contributed by atoms with van der Waals surface area (Å²) < 4.78 is 9.45. The van der Waals surface area contributed by atoms with Crippen LogP contribution in [0.1, 0.15) is 26.2 Å². The first-order valence-electron chi connectivity index (χ1n) is 5.31. The van der Waals surface area contributed by atoms with Crippen molar-refractivity contribution in [3.63, 3.8) is 0 Å². The van der Waals surface area contributed by atoms with Gasteiger partial charge < -0.3 is 14.4 Å². The second kappa shape index (κ2) is 6.27. The lowest BCUT2D eigenvalue weighted by atomic mass is 10.1. The molecular weight excluding hydrogens is 198 g/mol. The average Bonchev–Trinajstić information content (AvgIpc) is 2.27. The van der Waals surface area contributed by atoms with Gasteiger partial charge in [-0.15, -0.1) is 0 Å². The maximum absolute atomic E-state index is 11.4. The molecule has 1 aliphatic heterocycles. The first-order valence-corrected chi connectivity index (χ1v) is 5.31. The molecule has 5 heteroatoms. The van der Waals surface area contributed by atoms with Crippen molar-refractivity contribution in [2.75, 3.05) is 26.3 Å². The van der Waals surface area contributed by atoms with Gasteiger partial charge in [-0.1, -0.05) is 0 Å². The third kappa shape index (κ3) is 4.18. The molecule has 0 aromatic carbocycles. The van der Waals surface area contributed by atoms with E-state index >= 15 is 0 Å². The van der Waals surface area contributed by atoms with Crippen LogP contribution in [0.3, 0.4) is 0 Å². The minimum absolute atomic E-state index is 0.289. The zero-order valence-corrected chi connectivity index (χ0v) is 9.03. The van der Waals surface area contributed by atoms with Crippen LogP contribution in [0.2, 0.25) is 0 Å². The minimum atomic E-state index is -0.497. The van der Waals surface area contributed by atoms with Crippen molar-refractivity contribution < 1.29 is 19.1 Å². The van der Waals surface area contributed by atoms with Crippen LogP contribution in [0, 0.1) is 0 Å². The molecule has 0 spiro atoms. The van der Waals surface area contributed by atoms with Gasteiger partial charge in [0.2, 0.25) is 0 Å². The van der Waals surface area contributed by atoms with E-state index in [4.69, 9.17) is 4.74 Å². The first-order chi connectivity index (χ1) is 7.24. The SMILES string of the molecule is CCOC(=O)COC(=O)N1CCCCC1. The van der Waals surface area contributed by atoms with E-state index in [9.17, 15) is 9.59 Å². The molecule has 1 amide bonds. The van der Waals surface area contributed by atoms with Gasteiger partial charge in [-0.25, -0.2) is 9.59 Å². The zero-order valence-electron chi connectivity index (χ0n) is 9.03. The smallest absolute Gasteiger partial charge is 0.410 e. The van der Waals surface area contributed by atoms with E-state index in [2.05, 4.69) is 4.74 Å².